The van der Waals surface area contributed by atoms with Crippen molar-refractivity contribution in [1.29, 1.82) is 0 Å². The molecule has 1 unspecified atom stereocenters. The standard InChI is InChI=1S/C16H25NO3S/c1-12(11-16(2,3)4)10-15(18)13-6-8-14(9-7-13)17-21(5,19)20/h6-9,12,17H,10-11H2,1-5H3. The second kappa shape index (κ2) is 6.60. The summed E-state index contributed by atoms with van der Waals surface area (Å²) in [5.74, 6) is 0.420. The quantitative estimate of drug-likeness (QED) is 0.815. The Kier molecular flexibility index (Phi) is 5.56. The van der Waals surface area contributed by atoms with E-state index in [1.165, 1.54) is 0 Å². The number of benzene rings is 1. The minimum atomic E-state index is -3.28. The van der Waals surface area contributed by atoms with Gasteiger partial charge in [0.05, 0.1) is 6.26 Å². The molecule has 0 spiro atoms. The average molecular weight is 311 g/mol. The Morgan fingerprint density at radius 1 is 1.19 bits per heavy atom. The van der Waals surface area contributed by atoms with Crippen LogP contribution < -0.4 is 4.72 Å². The molecule has 0 amide bonds. The highest BCUT2D eigenvalue weighted by molar-refractivity contribution is 7.92. The van der Waals surface area contributed by atoms with Crippen molar-refractivity contribution in [3.63, 3.8) is 0 Å². The van der Waals surface area contributed by atoms with Crippen LogP contribution in [0.3, 0.4) is 0 Å². The van der Waals surface area contributed by atoms with Crippen LogP contribution in [-0.4, -0.2) is 20.5 Å². The van der Waals surface area contributed by atoms with E-state index in [4.69, 9.17) is 0 Å². The van der Waals surface area contributed by atoms with Gasteiger partial charge in [0.1, 0.15) is 0 Å². The van der Waals surface area contributed by atoms with Gasteiger partial charge < -0.3 is 0 Å². The topological polar surface area (TPSA) is 63.2 Å². The zero-order valence-corrected chi connectivity index (χ0v) is 14.3. The molecule has 1 atom stereocenters. The number of sulfonamides is 1. The number of nitrogens with one attached hydrogen (secondary N) is 1. The third-order valence-electron chi connectivity index (χ3n) is 3.00. The van der Waals surface area contributed by atoms with Crippen molar-refractivity contribution >= 4 is 21.5 Å². The Morgan fingerprint density at radius 3 is 2.14 bits per heavy atom. The monoisotopic (exact) mass is 311 g/mol. The first-order valence-electron chi connectivity index (χ1n) is 7.07. The van der Waals surface area contributed by atoms with Crippen molar-refractivity contribution in [2.24, 2.45) is 11.3 Å². The Hall–Kier alpha value is -1.36. The van der Waals surface area contributed by atoms with E-state index in [0.717, 1.165) is 12.7 Å². The molecular formula is C16H25NO3S. The summed E-state index contributed by atoms with van der Waals surface area (Å²) in [5, 5.41) is 0. The van der Waals surface area contributed by atoms with E-state index >= 15 is 0 Å². The maximum Gasteiger partial charge on any atom is 0.229 e. The minimum absolute atomic E-state index is 0.0951. The first-order chi connectivity index (χ1) is 9.46. The Labute approximate surface area is 128 Å². The van der Waals surface area contributed by atoms with Gasteiger partial charge >= 0.3 is 0 Å². The molecule has 1 aromatic rings. The van der Waals surface area contributed by atoms with E-state index in [0.29, 0.717) is 23.6 Å². The minimum Gasteiger partial charge on any atom is -0.294 e. The maximum absolute atomic E-state index is 12.2. The van der Waals surface area contributed by atoms with Crippen LogP contribution in [0.25, 0.3) is 0 Å². The third kappa shape index (κ3) is 7.27. The Morgan fingerprint density at radius 2 is 1.71 bits per heavy atom. The molecule has 0 aliphatic heterocycles. The lowest BCUT2D eigenvalue weighted by atomic mass is 9.83. The number of ketones is 1. The van der Waals surface area contributed by atoms with Gasteiger partial charge in [0, 0.05) is 17.7 Å². The molecule has 118 valence electrons. The van der Waals surface area contributed by atoms with E-state index in [-0.39, 0.29) is 11.2 Å². The molecule has 0 saturated heterocycles. The zero-order chi connectivity index (χ0) is 16.3. The molecule has 1 N–H and O–H groups in total. The van der Waals surface area contributed by atoms with Crippen molar-refractivity contribution in [3.05, 3.63) is 29.8 Å². The molecule has 1 rings (SSSR count). The molecule has 5 heteroatoms. The van der Waals surface area contributed by atoms with E-state index in [1.807, 2.05) is 0 Å². The lowest BCUT2D eigenvalue weighted by Crippen LogP contribution is -2.14. The molecule has 1 aromatic carbocycles. The van der Waals surface area contributed by atoms with Gasteiger partial charge in [-0.3, -0.25) is 9.52 Å². The summed E-state index contributed by atoms with van der Waals surface area (Å²) in [6.07, 6.45) is 2.60. The number of carbonyl (C=O) groups is 1. The van der Waals surface area contributed by atoms with Crippen molar-refractivity contribution in [2.45, 2.75) is 40.5 Å². The van der Waals surface area contributed by atoms with Crippen LogP contribution in [0.5, 0.6) is 0 Å². The highest BCUT2D eigenvalue weighted by Crippen LogP contribution is 2.27. The fourth-order valence-corrected chi connectivity index (χ4v) is 3.05. The summed E-state index contributed by atoms with van der Waals surface area (Å²) in [4.78, 5) is 12.2. The molecular weight excluding hydrogens is 286 g/mol. The highest BCUT2D eigenvalue weighted by Gasteiger charge is 2.18. The first-order valence-corrected chi connectivity index (χ1v) is 8.96. The molecule has 0 aliphatic carbocycles. The number of hydrogen-bond donors (Lipinski definition) is 1. The fraction of sp³-hybridized carbons (Fsp3) is 0.562. The van der Waals surface area contributed by atoms with Crippen LogP contribution in [0.2, 0.25) is 0 Å². The van der Waals surface area contributed by atoms with E-state index in [1.54, 1.807) is 24.3 Å². The van der Waals surface area contributed by atoms with Crippen LogP contribution >= 0.6 is 0 Å². The summed E-state index contributed by atoms with van der Waals surface area (Å²) < 4.78 is 24.6. The maximum atomic E-state index is 12.2. The SMILES string of the molecule is CC(CC(=O)c1ccc(NS(C)(=O)=O)cc1)CC(C)(C)C. The van der Waals surface area contributed by atoms with Gasteiger partial charge in [-0.05, 0) is 42.0 Å². The normalized spacial score (nSPS) is 13.8. The molecule has 4 nitrogen and oxygen atoms in total. The number of Topliss-reactive ketones (excluding diaryl/α,β-unsaturated/α-hetero) is 1. The second-order valence-corrected chi connectivity index (χ2v) is 8.70. The smallest absolute Gasteiger partial charge is 0.229 e. The Balaban J connectivity index is 2.67. The average Bonchev–Trinajstić information content (AvgIpc) is 2.24. The zero-order valence-electron chi connectivity index (χ0n) is 13.4. The molecule has 0 fully saturated rings. The van der Waals surface area contributed by atoms with Crippen LogP contribution in [0.4, 0.5) is 5.69 Å². The van der Waals surface area contributed by atoms with E-state index < -0.39 is 10.0 Å². The van der Waals surface area contributed by atoms with Gasteiger partial charge in [-0.15, -0.1) is 0 Å². The predicted octanol–water partition coefficient (Wildman–Crippen LogP) is 3.70. The molecule has 0 aromatic heterocycles. The summed E-state index contributed by atoms with van der Waals surface area (Å²) in [7, 11) is -3.28. The van der Waals surface area contributed by atoms with Crippen LogP contribution in [-0.2, 0) is 10.0 Å². The van der Waals surface area contributed by atoms with Crippen LogP contribution in [0.1, 0.15) is 50.9 Å². The number of anilines is 1. The van der Waals surface area contributed by atoms with Crippen LogP contribution in [0.15, 0.2) is 24.3 Å². The second-order valence-electron chi connectivity index (χ2n) is 6.95. The van der Waals surface area contributed by atoms with Gasteiger partial charge in [0.25, 0.3) is 0 Å². The third-order valence-corrected chi connectivity index (χ3v) is 3.61. The van der Waals surface area contributed by atoms with Gasteiger partial charge in [-0.1, -0.05) is 27.7 Å². The molecule has 0 radical (unpaired) electrons. The highest BCUT2D eigenvalue weighted by atomic mass is 32.2. The number of rotatable bonds is 6. The van der Waals surface area contributed by atoms with Crippen molar-refractivity contribution in [3.8, 4) is 0 Å². The molecule has 0 aliphatic rings. The summed E-state index contributed by atoms with van der Waals surface area (Å²) in [5.41, 5.74) is 1.30. The van der Waals surface area contributed by atoms with Crippen molar-refractivity contribution in [2.75, 3.05) is 11.0 Å². The first kappa shape index (κ1) is 17.7. The summed E-state index contributed by atoms with van der Waals surface area (Å²) >= 11 is 0. The molecule has 21 heavy (non-hydrogen) atoms. The Bertz CT molecular complexity index is 583. The van der Waals surface area contributed by atoms with E-state index in [2.05, 4.69) is 32.4 Å². The number of hydrogen-bond acceptors (Lipinski definition) is 3. The molecule has 0 bridgehead atoms. The lowest BCUT2D eigenvalue weighted by Gasteiger charge is -2.22. The van der Waals surface area contributed by atoms with Gasteiger partial charge in [-0.2, -0.15) is 0 Å². The van der Waals surface area contributed by atoms with Gasteiger partial charge in [0.15, 0.2) is 5.78 Å². The largest absolute Gasteiger partial charge is 0.294 e. The summed E-state index contributed by atoms with van der Waals surface area (Å²) in [6, 6.07) is 6.56. The summed E-state index contributed by atoms with van der Waals surface area (Å²) in [6.45, 7) is 8.58. The number of carbonyl (C=O) groups excluding carboxylic acids is 1. The van der Waals surface area contributed by atoms with Crippen molar-refractivity contribution < 1.29 is 13.2 Å². The lowest BCUT2D eigenvalue weighted by molar-refractivity contribution is 0.0954. The van der Waals surface area contributed by atoms with E-state index in [9.17, 15) is 13.2 Å². The van der Waals surface area contributed by atoms with Crippen LogP contribution in [0, 0.1) is 11.3 Å². The predicted molar refractivity (Wildman–Crippen MR) is 87.1 cm³/mol. The molecule has 0 saturated carbocycles. The fourth-order valence-electron chi connectivity index (χ4n) is 2.49. The van der Waals surface area contributed by atoms with Crippen molar-refractivity contribution in [1.82, 2.24) is 0 Å². The van der Waals surface area contributed by atoms with Gasteiger partial charge in [-0.25, -0.2) is 8.42 Å². The molecule has 0 heterocycles. The van der Waals surface area contributed by atoms with Gasteiger partial charge in [0.2, 0.25) is 10.0 Å².